The lowest BCUT2D eigenvalue weighted by Gasteiger charge is -2.14. The minimum atomic E-state index is -3.52. The summed E-state index contributed by atoms with van der Waals surface area (Å²) in [4.78, 5) is 1.41. The molecule has 1 aromatic carbocycles. The highest BCUT2D eigenvalue weighted by Crippen LogP contribution is 2.26. The molecule has 7 heteroatoms. The Kier molecular flexibility index (Phi) is 5.42. The van der Waals surface area contributed by atoms with Crippen molar-refractivity contribution >= 4 is 53.2 Å². The molecule has 1 heterocycles. The minimum absolute atomic E-state index is 0.158. The average molecular weight is 439 g/mol. The van der Waals surface area contributed by atoms with Crippen molar-refractivity contribution in [1.82, 2.24) is 4.72 Å². The monoisotopic (exact) mass is 437 g/mol. The van der Waals surface area contributed by atoms with Crippen LogP contribution in [-0.4, -0.2) is 14.5 Å². The second kappa shape index (κ2) is 6.70. The maximum Gasteiger partial charge on any atom is 0.241 e. The van der Waals surface area contributed by atoms with E-state index in [1.54, 1.807) is 29.5 Å². The van der Waals surface area contributed by atoms with Crippen molar-refractivity contribution in [2.45, 2.75) is 24.3 Å². The molecule has 0 bridgehead atoms. The Labute approximate surface area is 139 Å². The average Bonchev–Trinajstić information content (AvgIpc) is 2.79. The van der Waals surface area contributed by atoms with Gasteiger partial charge in [0, 0.05) is 19.9 Å². The van der Waals surface area contributed by atoms with Crippen LogP contribution in [0.2, 0.25) is 0 Å². The van der Waals surface area contributed by atoms with E-state index in [0.29, 0.717) is 10.9 Å². The summed E-state index contributed by atoms with van der Waals surface area (Å²) >= 11 is 8.22. The Hall–Kier alpha value is -0.210. The maximum absolute atomic E-state index is 12.4. The normalized spacial score (nSPS) is 13.3. The van der Waals surface area contributed by atoms with Gasteiger partial charge in [-0.15, -0.1) is 11.3 Å². The van der Waals surface area contributed by atoms with Crippen molar-refractivity contribution in [2.75, 3.05) is 0 Å². The third kappa shape index (κ3) is 4.14. The molecule has 2 rings (SSSR count). The zero-order valence-corrected chi connectivity index (χ0v) is 15.4. The molecule has 0 aliphatic heterocycles. The Balaban J connectivity index is 2.14. The second-order valence-electron chi connectivity index (χ2n) is 4.38. The van der Waals surface area contributed by atoms with Crippen LogP contribution >= 0.6 is 43.2 Å². The molecule has 0 spiro atoms. The van der Waals surface area contributed by atoms with Gasteiger partial charge in [-0.2, -0.15) is 0 Å². The molecular formula is C13H13Br2NO2S2. The summed E-state index contributed by atoms with van der Waals surface area (Å²) in [7, 11) is -3.52. The molecule has 0 radical (unpaired) electrons. The summed E-state index contributed by atoms with van der Waals surface area (Å²) < 4.78 is 28.8. The van der Waals surface area contributed by atoms with E-state index in [-0.39, 0.29) is 10.9 Å². The molecule has 1 aromatic heterocycles. The van der Waals surface area contributed by atoms with Crippen molar-refractivity contribution in [1.29, 1.82) is 0 Å². The summed E-state index contributed by atoms with van der Waals surface area (Å²) in [5, 5.41) is 1.99. The maximum atomic E-state index is 12.4. The Morgan fingerprint density at radius 1 is 1.30 bits per heavy atom. The van der Waals surface area contributed by atoms with E-state index in [1.807, 2.05) is 24.4 Å². The van der Waals surface area contributed by atoms with Crippen molar-refractivity contribution in [2.24, 2.45) is 0 Å². The van der Waals surface area contributed by atoms with E-state index in [0.717, 1.165) is 9.35 Å². The predicted octanol–water partition coefficient (Wildman–Crippen LogP) is 4.18. The molecule has 2 aromatic rings. The van der Waals surface area contributed by atoms with Crippen LogP contribution in [-0.2, 0) is 16.4 Å². The molecule has 1 atom stereocenters. The Morgan fingerprint density at radius 2 is 2.05 bits per heavy atom. The number of halogens is 2. The molecule has 0 aliphatic carbocycles. The molecule has 20 heavy (non-hydrogen) atoms. The van der Waals surface area contributed by atoms with Crippen molar-refractivity contribution in [3.8, 4) is 0 Å². The van der Waals surface area contributed by atoms with Crippen molar-refractivity contribution < 1.29 is 8.42 Å². The summed E-state index contributed by atoms with van der Waals surface area (Å²) in [6.45, 7) is 1.87. The molecule has 0 aliphatic rings. The number of thiophene rings is 1. The number of hydrogen-bond acceptors (Lipinski definition) is 3. The van der Waals surface area contributed by atoms with Gasteiger partial charge in [-0.3, -0.25) is 0 Å². The topological polar surface area (TPSA) is 46.2 Å². The zero-order chi connectivity index (χ0) is 14.8. The highest BCUT2D eigenvalue weighted by molar-refractivity contribution is 9.11. The minimum Gasteiger partial charge on any atom is -0.208 e. The van der Waals surface area contributed by atoms with Crippen LogP contribution < -0.4 is 4.72 Å². The summed E-state index contributed by atoms with van der Waals surface area (Å²) in [6.07, 6.45) is 0.686. The number of rotatable bonds is 5. The zero-order valence-electron chi connectivity index (χ0n) is 10.6. The molecule has 0 amide bonds. The molecule has 1 unspecified atom stereocenters. The van der Waals surface area contributed by atoms with Gasteiger partial charge in [0.15, 0.2) is 0 Å². The quantitative estimate of drug-likeness (QED) is 0.760. The van der Waals surface area contributed by atoms with Gasteiger partial charge >= 0.3 is 0 Å². The highest BCUT2D eigenvalue weighted by atomic mass is 79.9. The number of benzene rings is 1. The van der Waals surface area contributed by atoms with Gasteiger partial charge in [0.2, 0.25) is 10.0 Å². The van der Waals surface area contributed by atoms with E-state index in [4.69, 9.17) is 0 Å². The smallest absolute Gasteiger partial charge is 0.208 e. The first-order valence-corrected chi connectivity index (χ1v) is 9.83. The summed E-state index contributed by atoms with van der Waals surface area (Å²) in [5.41, 5.74) is 0. The van der Waals surface area contributed by atoms with Crippen LogP contribution in [0.3, 0.4) is 0 Å². The van der Waals surface area contributed by atoms with Gasteiger partial charge in [0.25, 0.3) is 0 Å². The van der Waals surface area contributed by atoms with E-state index in [9.17, 15) is 8.42 Å². The van der Waals surface area contributed by atoms with Gasteiger partial charge in [0.05, 0.1) is 4.90 Å². The van der Waals surface area contributed by atoms with E-state index in [2.05, 4.69) is 36.6 Å². The SMILES string of the molecule is CC(Cc1cccs1)NS(=O)(=O)c1ccc(Br)cc1Br. The largest absolute Gasteiger partial charge is 0.241 e. The molecule has 1 N–H and O–H groups in total. The van der Waals surface area contributed by atoms with Gasteiger partial charge in [-0.25, -0.2) is 13.1 Å². The van der Waals surface area contributed by atoms with Crippen LogP contribution in [0, 0.1) is 0 Å². The second-order valence-corrected chi connectivity index (χ2v) is 8.87. The lowest BCUT2D eigenvalue weighted by molar-refractivity contribution is 0.560. The third-order valence-electron chi connectivity index (χ3n) is 2.63. The molecule has 3 nitrogen and oxygen atoms in total. The fourth-order valence-electron chi connectivity index (χ4n) is 1.79. The van der Waals surface area contributed by atoms with E-state index in [1.165, 1.54) is 0 Å². The fourth-order valence-corrected chi connectivity index (χ4v) is 5.62. The van der Waals surface area contributed by atoms with Gasteiger partial charge in [-0.1, -0.05) is 22.0 Å². The van der Waals surface area contributed by atoms with Gasteiger partial charge in [0.1, 0.15) is 0 Å². The first-order chi connectivity index (χ1) is 9.38. The summed E-state index contributed by atoms with van der Waals surface area (Å²) in [6, 6.07) is 8.82. The molecule has 108 valence electrons. The number of sulfonamides is 1. The fraction of sp³-hybridized carbons (Fsp3) is 0.231. The van der Waals surface area contributed by atoms with Crippen LogP contribution in [0.4, 0.5) is 0 Å². The predicted molar refractivity (Wildman–Crippen MR) is 89.6 cm³/mol. The van der Waals surface area contributed by atoms with Crippen LogP contribution in [0.25, 0.3) is 0 Å². The lowest BCUT2D eigenvalue weighted by atomic mass is 10.2. The van der Waals surface area contributed by atoms with Gasteiger partial charge in [-0.05, 0) is 58.9 Å². The molecule has 0 saturated heterocycles. The molecule has 0 fully saturated rings. The standard InChI is InChI=1S/C13H13Br2NO2S2/c1-9(7-11-3-2-6-19-11)16-20(17,18)13-5-4-10(14)8-12(13)15/h2-6,8-9,16H,7H2,1H3. The van der Waals surface area contributed by atoms with Gasteiger partial charge < -0.3 is 0 Å². The lowest BCUT2D eigenvalue weighted by Crippen LogP contribution is -2.34. The third-order valence-corrected chi connectivity index (χ3v) is 6.59. The summed E-state index contributed by atoms with van der Waals surface area (Å²) in [5.74, 6) is 0. The van der Waals surface area contributed by atoms with Crippen LogP contribution in [0.1, 0.15) is 11.8 Å². The van der Waals surface area contributed by atoms with Crippen molar-refractivity contribution in [3.05, 3.63) is 49.5 Å². The molecular weight excluding hydrogens is 426 g/mol. The Morgan fingerprint density at radius 3 is 2.65 bits per heavy atom. The first-order valence-electron chi connectivity index (χ1n) is 5.88. The number of hydrogen-bond donors (Lipinski definition) is 1. The van der Waals surface area contributed by atoms with E-state index < -0.39 is 10.0 Å². The van der Waals surface area contributed by atoms with E-state index >= 15 is 0 Å². The molecule has 0 saturated carbocycles. The highest BCUT2D eigenvalue weighted by Gasteiger charge is 2.20. The van der Waals surface area contributed by atoms with Crippen molar-refractivity contribution in [3.63, 3.8) is 0 Å². The number of nitrogens with one attached hydrogen (secondary N) is 1. The first kappa shape index (κ1) is 16.2. The Bertz CT molecular complexity index is 684. The van der Waals surface area contributed by atoms with Crippen LogP contribution in [0.5, 0.6) is 0 Å². The van der Waals surface area contributed by atoms with Crippen LogP contribution in [0.15, 0.2) is 49.6 Å².